The van der Waals surface area contributed by atoms with Crippen LogP contribution in [0.25, 0.3) is 0 Å². The van der Waals surface area contributed by atoms with Gasteiger partial charge in [0.25, 0.3) is 5.91 Å². The molecule has 0 aliphatic carbocycles. The highest BCUT2D eigenvalue weighted by atomic mass is 19.1. The largest absolute Gasteiger partial charge is 0.352 e. The monoisotopic (exact) mass is 434 g/mol. The molecule has 1 aliphatic heterocycles. The number of carbonyl (C=O) groups is 2. The lowest BCUT2D eigenvalue weighted by molar-refractivity contribution is -0.125. The van der Waals surface area contributed by atoms with Crippen LogP contribution in [0.2, 0.25) is 0 Å². The average Bonchev–Trinajstić information content (AvgIpc) is 3.24. The van der Waals surface area contributed by atoms with Gasteiger partial charge in [-0.3, -0.25) is 9.59 Å². The molecule has 0 radical (unpaired) electrons. The molecule has 6 heteroatoms. The molecule has 32 heavy (non-hydrogen) atoms. The third-order valence-corrected chi connectivity index (χ3v) is 5.92. The predicted molar refractivity (Wildman–Crippen MR) is 118 cm³/mol. The second-order valence-electron chi connectivity index (χ2n) is 8.18. The van der Waals surface area contributed by atoms with Crippen molar-refractivity contribution in [1.82, 2.24) is 10.2 Å². The SMILES string of the molecule is Cc1ccc(C2CN(C(=O)c3ccc(F)cc3)CC2C(=O)NCc2ccc(F)cc2)cc1. The van der Waals surface area contributed by atoms with Gasteiger partial charge in [0.05, 0.1) is 5.92 Å². The molecular weight excluding hydrogens is 410 g/mol. The number of carbonyl (C=O) groups excluding carboxylic acids is 2. The third kappa shape index (κ3) is 4.85. The molecule has 2 unspecified atom stereocenters. The van der Waals surface area contributed by atoms with Crippen molar-refractivity contribution in [3.05, 3.63) is 107 Å². The van der Waals surface area contributed by atoms with Gasteiger partial charge in [0.2, 0.25) is 5.91 Å². The van der Waals surface area contributed by atoms with E-state index in [2.05, 4.69) is 5.32 Å². The molecule has 1 N–H and O–H groups in total. The van der Waals surface area contributed by atoms with E-state index < -0.39 is 11.7 Å². The molecule has 164 valence electrons. The second kappa shape index (κ2) is 9.30. The zero-order valence-corrected chi connectivity index (χ0v) is 17.7. The van der Waals surface area contributed by atoms with Gasteiger partial charge in [-0.15, -0.1) is 0 Å². The van der Waals surface area contributed by atoms with Gasteiger partial charge in [0.15, 0.2) is 0 Å². The van der Waals surface area contributed by atoms with Crippen molar-refractivity contribution in [2.45, 2.75) is 19.4 Å². The van der Waals surface area contributed by atoms with Gasteiger partial charge in [0.1, 0.15) is 11.6 Å². The van der Waals surface area contributed by atoms with Crippen molar-refractivity contribution in [1.29, 1.82) is 0 Å². The zero-order chi connectivity index (χ0) is 22.7. The fourth-order valence-electron chi connectivity index (χ4n) is 4.08. The normalized spacial score (nSPS) is 17.9. The number of aryl methyl sites for hydroxylation is 1. The van der Waals surface area contributed by atoms with E-state index in [1.54, 1.807) is 17.0 Å². The minimum absolute atomic E-state index is 0.158. The summed E-state index contributed by atoms with van der Waals surface area (Å²) in [6.07, 6.45) is 0. The van der Waals surface area contributed by atoms with Crippen molar-refractivity contribution in [3.8, 4) is 0 Å². The Bertz CT molecular complexity index is 1100. The van der Waals surface area contributed by atoms with Crippen LogP contribution < -0.4 is 5.32 Å². The summed E-state index contributed by atoms with van der Waals surface area (Å²) in [7, 11) is 0. The van der Waals surface area contributed by atoms with Crippen LogP contribution in [0.3, 0.4) is 0 Å². The van der Waals surface area contributed by atoms with Crippen LogP contribution in [0.4, 0.5) is 8.78 Å². The van der Waals surface area contributed by atoms with Crippen molar-refractivity contribution in [2.24, 2.45) is 5.92 Å². The van der Waals surface area contributed by atoms with Crippen LogP contribution in [0.1, 0.15) is 33.0 Å². The van der Waals surface area contributed by atoms with E-state index in [4.69, 9.17) is 0 Å². The molecule has 2 atom stereocenters. The Balaban J connectivity index is 1.53. The third-order valence-electron chi connectivity index (χ3n) is 5.92. The van der Waals surface area contributed by atoms with Crippen LogP contribution in [0.5, 0.6) is 0 Å². The first-order chi connectivity index (χ1) is 15.4. The van der Waals surface area contributed by atoms with Gasteiger partial charge in [-0.25, -0.2) is 8.78 Å². The smallest absolute Gasteiger partial charge is 0.253 e. The molecule has 3 aromatic carbocycles. The summed E-state index contributed by atoms with van der Waals surface area (Å²) in [6.45, 7) is 2.94. The lowest BCUT2D eigenvalue weighted by Crippen LogP contribution is -2.35. The molecule has 4 rings (SSSR count). The van der Waals surface area contributed by atoms with E-state index in [0.29, 0.717) is 12.1 Å². The fraction of sp³-hybridized carbons (Fsp3) is 0.231. The Morgan fingerprint density at radius 2 is 1.47 bits per heavy atom. The average molecular weight is 434 g/mol. The van der Waals surface area contributed by atoms with Crippen LogP contribution in [0, 0.1) is 24.5 Å². The molecule has 1 saturated heterocycles. The van der Waals surface area contributed by atoms with Gasteiger partial charge in [0, 0.05) is 31.1 Å². The Labute approximate surface area is 185 Å². The number of nitrogens with one attached hydrogen (secondary N) is 1. The molecule has 2 amide bonds. The molecule has 0 spiro atoms. The maximum atomic E-state index is 13.3. The van der Waals surface area contributed by atoms with Gasteiger partial charge >= 0.3 is 0 Å². The van der Waals surface area contributed by atoms with E-state index in [1.165, 1.54) is 36.4 Å². The number of halogens is 2. The lowest BCUT2D eigenvalue weighted by atomic mass is 9.88. The Hall–Kier alpha value is -3.54. The lowest BCUT2D eigenvalue weighted by Gasteiger charge is -2.18. The summed E-state index contributed by atoms with van der Waals surface area (Å²) in [5.74, 6) is -1.70. The molecule has 0 saturated carbocycles. The van der Waals surface area contributed by atoms with Gasteiger partial charge in [-0.2, -0.15) is 0 Å². The van der Waals surface area contributed by atoms with E-state index >= 15 is 0 Å². The van der Waals surface area contributed by atoms with Crippen LogP contribution in [0.15, 0.2) is 72.8 Å². The summed E-state index contributed by atoms with van der Waals surface area (Å²) in [5.41, 5.74) is 3.29. The predicted octanol–water partition coefficient (Wildman–Crippen LogP) is 4.45. The standard InChI is InChI=1S/C26H24F2N2O2/c1-17-2-6-19(7-3-17)23-15-30(26(32)20-8-12-22(28)13-9-20)16-24(23)25(31)29-14-18-4-10-21(27)11-5-18/h2-13,23-24H,14-16H2,1H3,(H,29,31). The van der Waals surface area contributed by atoms with Crippen molar-refractivity contribution in [2.75, 3.05) is 13.1 Å². The number of hydrogen-bond acceptors (Lipinski definition) is 2. The first-order valence-electron chi connectivity index (χ1n) is 10.5. The number of amides is 2. The summed E-state index contributed by atoms with van der Waals surface area (Å²) in [5, 5.41) is 2.93. The quantitative estimate of drug-likeness (QED) is 0.645. The highest BCUT2D eigenvalue weighted by Gasteiger charge is 2.40. The number of likely N-dealkylation sites (tertiary alicyclic amines) is 1. The van der Waals surface area contributed by atoms with Crippen LogP contribution >= 0.6 is 0 Å². The number of nitrogens with zero attached hydrogens (tertiary/aromatic N) is 1. The molecule has 3 aromatic rings. The molecule has 1 fully saturated rings. The highest BCUT2D eigenvalue weighted by molar-refractivity contribution is 5.95. The number of rotatable bonds is 5. The van der Waals surface area contributed by atoms with Crippen molar-refractivity contribution < 1.29 is 18.4 Å². The van der Waals surface area contributed by atoms with Crippen LogP contribution in [-0.2, 0) is 11.3 Å². The summed E-state index contributed by atoms with van der Waals surface area (Å²) in [4.78, 5) is 27.8. The first-order valence-corrected chi connectivity index (χ1v) is 10.5. The molecule has 4 nitrogen and oxygen atoms in total. The molecule has 1 aliphatic rings. The zero-order valence-electron chi connectivity index (χ0n) is 17.7. The van der Waals surface area contributed by atoms with Crippen molar-refractivity contribution >= 4 is 11.8 Å². The molecule has 0 aromatic heterocycles. The Morgan fingerprint density at radius 3 is 2.09 bits per heavy atom. The van der Waals surface area contributed by atoms with Gasteiger partial charge in [-0.05, 0) is 54.4 Å². The Kier molecular flexibility index (Phi) is 6.30. The summed E-state index contributed by atoms with van der Waals surface area (Å²) < 4.78 is 26.4. The van der Waals surface area contributed by atoms with E-state index in [1.807, 2.05) is 31.2 Å². The molecule has 0 bridgehead atoms. The maximum Gasteiger partial charge on any atom is 0.253 e. The minimum Gasteiger partial charge on any atom is -0.352 e. The summed E-state index contributed by atoms with van der Waals surface area (Å²) in [6, 6.07) is 19.4. The maximum absolute atomic E-state index is 13.3. The fourth-order valence-corrected chi connectivity index (χ4v) is 4.08. The van der Waals surface area contributed by atoms with Gasteiger partial charge in [-0.1, -0.05) is 42.0 Å². The molecular formula is C26H24F2N2O2. The van der Waals surface area contributed by atoms with Gasteiger partial charge < -0.3 is 10.2 Å². The topological polar surface area (TPSA) is 49.4 Å². The number of hydrogen-bond donors (Lipinski definition) is 1. The molecule has 1 heterocycles. The van der Waals surface area contributed by atoms with Crippen LogP contribution in [-0.4, -0.2) is 29.8 Å². The Morgan fingerprint density at radius 1 is 0.875 bits per heavy atom. The van der Waals surface area contributed by atoms with Crippen molar-refractivity contribution in [3.63, 3.8) is 0 Å². The first kappa shape index (κ1) is 21.7. The highest BCUT2D eigenvalue weighted by Crippen LogP contribution is 2.34. The van der Waals surface area contributed by atoms with E-state index in [0.717, 1.165) is 16.7 Å². The second-order valence-corrected chi connectivity index (χ2v) is 8.18. The summed E-state index contributed by atoms with van der Waals surface area (Å²) >= 11 is 0. The minimum atomic E-state index is -0.428. The van der Waals surface area contributed by atoms with E-state index in [-0.39, 0.29) is 36.6 Å². The van der Waals surface area contributed by atoms with E-state index in [9.17, 15) is 18.4 Å². The number of benzene rings is 3.